The standard InChI is InChI=1S/C11H12Cl2N2O/c12-9-2-1-8(10(13)5-9)6-15-4-3-14-11(16)7-15/h1-2,5H,3-4,6-7H2,(H,14,16)/p+1. The zero-order valence-electron chi connectivity index (χ0n) is 8.72. The normalized spacial score (nSPS) is 20.6. The van der Waals surface area contributed by atoms with Crippen molar-refractivity contribution >= 4 is 29.1 Å². The Hall–Kier alpha value is -0.770. The molecule has 2 rings (SSSR count). The maximum absolute atomic E-state index is 11.2. The number of rotatable bonds is 2. The molecule has 0 saturated carbocycles. The third kappa shape index (κ3) is 2.88. The number of nitrogens with one attached hydrogen (secondary N) is 2. The molecule has 16 heavy (non-hydrogen) atoms. The number of halogens is 2. The Kier molecular flexibility index (Phi) is 3.69. The summed E-state index contributed by atoms with van der Waals surface area (Å²) in [7, 11) is 0. The molecule has 1 aliphatic heterocycles. The van der Waals surface area contributed by atoms with Gasteiger partial charge in [0.25, 0.3) is 5.91 Å². The highest BCUT2D eigenvalue weighted by Gasteiger charge is 2.20. The molecule has 1 heterocycles. The van der Waals surface area contributed by atoms with Crippen LogP contribution in [-0.4, -0.2) is 25.5 Å². The summed E-state index contributed by atoms with van der Waals surface area (Å²) in [5, 5.41) is 4.12. The first kappa shape index (κ1) is 11.7. The molecule has 0 radical (unpaired) electrons. The highest BCUT2D eigenvalue weighted by Crippen LogP contribution is 2.20. The maximum atomic E-state index is 11.2. The van der Waals surface area contributed by atoms with Gasteiger partial charge in [-0.05, 0) is 12.1 Å². The molecule has 1 amide bonds. The molecule has 2 N–H and O–H groups in total. The minimum atomic E-state index is 0.103. The lowest BCUT2D eigenvalue weighted by molar-refractivity contribution is -0.907. The van der Waals surface area contributed by atoms with Crippen molar-refractivity contribution in [2.45, 2.75) is 6.54 Å². The highest BCUT2D eigenvalue weighted by molar-refractivity contribution is 6.35. The number of quaternary nitrogens is 1. The summed E-state index contributed by atoms with van der Waals surface area (Å²) >= 11 is 11.9. The van der Waals surface area contributed by atoms with Crippen molar-refractivity contribution in [1.29, 1.82) is 0 Å². The number of piperazine rings is 1. The summed E-state index contributed by atoms with van der Waals surface area (Å²) in [6.07, 6.45) is 0. The number of benzene rings is 1. The Morgan fingerprint density at radius 1 is 1.38 bits per heavy atom. The number of hydrogen-bond acceptors (Lipinski definition) is 1. The number of carbonyl (C=O) groups excluding carboxylic acids is 1. The highest BCUT2D eigenvalue weighted by atomic mass is 35.5. The lowest BCUT2D eigenvalue weighted by Gasteiger charge is -2.23. The van der Waals surface area contributed by atoms with Gasteiger partial charge in [-0.25, -0.2) is 0 Å². The van der Waals surface area contributed by atoms with E-state index in [2.05, 4.69) is 5.32 Å². The number of hydrogen-bond donors (Lipinski definition) is 2. The molecule has 3 nitrogen and oxygen atoms in total. The summed E-state index contributed by atoms with van der Waals surface area (Å²) in [6.45, 7) is 2.95. The third-order valence-electron chi connectivity index (χ3n) is 2.67. The molecule has 0 spiro atoms. The van der Waals surface area contributed by atoms with Gasteiger partial charge in [0.05, 0.1) is 18.1 Å². The van der Waals surface area contributed by atoms with Gasteiger partial charge in [0, 0.05) is 10.6 Å². The summed E-state index contributed by atoms with van der Waals surface area (Å²) < 4.78 is 0. The fourth-order valence-corrected chi connectivity index (χ4v) is 2.32. The van der Waals surface area contributed by atoms with E-state index in [0.29, 0.717) is 16.6 Å². The Morgan fingerprint density at radius 2 is 2.19 bits per heavy atom. The van der Waals surface area contributed by atoms with Crippen LogP contribution in [-0.2, 0) is 11.3 Å². The molecule has 1 fully saturated rings. The second-order valence-electron chi connectivity index (χ2n) is 3.94. The zero-order chi connectivity index (χ0) is 11.5. The molecule has 5 heteroatoms. The van der Waals surface area contributed by atoms with Crippen molar-refractivity contribution < 1.29 is 9.69 Å². The number of amides is 1. The van der Waals surface area contributed by atoms with E-state index in [4.69, 9.17) is 23.2 Å². The van der Waals surface area contributed by atoms with Crippen molar-refractivity contribution in [3.05, 3.63) is 33.8 Å². The molecule has 1 unspecified atom stereocenters. The first-order valence-electron chi connectivity index (χ1n) is 5.19. The zero-order valence-corrected chi connectivity index (χ0v) is 10.2. The molecular weight excluding hydrogens is 247 g/mol. The quantitative estimate of drug-likeness (QED) is 0.798. The smallest absolute Gasteiger partial charge is 0.275 e. The molecule has 1 aromatic carbocycles. The van der Waals surface area contributed by atoms with Crippen molar-refractivity contribution in [2.24, 2.45) is 0 Å². The van der Waals surface area contributed by atoms with Crippen LogP contribution in [0.1, 0.15) is 5.56 Å². The lowest BCUT2D eigenvalue weighted by atomic mass is 10.2. The predicted molar refractivity (Wildman–Crippen MR) is 63.9 cm³/mol. The van der Waals surface area contributed by atoms with Gasteiger partial charge in [-0.15, -0.1) is 0 Å². The third-order valence-corrected chi connectivity index (χ3v) is 3.25. The monoisotopic (exact) mass is 259 g/mol. The van der Waals surface area contributed by atoms with Gasteiger partial charge in [0.2, 0.25) is 0 Å². The molecule has 1 aromatic rings. The van der Waals surface area contributed by atoms with E-state index in [1.165, 1.54) is 4.90 Å². The van der Waals surface area contributed by atoms with Crippen LogP contribution in [0.5, 0.6) is 0 Å². The largest absolute Gasteiger partial charge is 0.346 e. The van der Waals surface area contributed by atoms with Gasteiger partial charge in [-0.3, -0.25) is 4.79 Å². The second kappa shape index (κ2) is 5.04. The van der Waals surface area contributed by atoms with Crippen molar-refractivity contribution in [2.75, 3.05) is 19.6 Å². The van der Waals surface area contributed by atoms with Crippen LogP contribution in [0.2, 0.25) is 10.0 Å². The van der Waals surface area contributed by atoms with Crippen LogP contribution >= 0.6 is 23.2 Å². The second-order valence-corrected chi connectivity index (χ2v) is 4.78. The first-order chi connectivity index (χ1) is 7.65. The van der Waals surface area contributed by atoms with Gasteiger partial charge in [0.1, 0.15) is 6.54 Å². The molecule has 1 aliphatic rings. The summed E-state index contributed by atoms with van der Waals surface area (Å²) in [6, 6.07) is 5.48. The molecule has 86 valence electrons. The van der Waals surface area contributed by atoms with E-state index in [9.17, 15) is 4.79 Å². The van der Waals surface area contributed by atoms with Crippen LogP contribution in [0.15, 0.2) is 18.2 Å². The Bertz CT molecular complexity index is 409. The molecule has 0 aromatic heterocycles. The summed E-state index contributed by atoms with van der Waals surface area (Å²) in [5.74, 6) is 0.103. The van der Waals surface area contributed by atoms with E-state index >= 15 is 0 Å². The molecular formula is C11H13Cl2N2O+. The Balaban J connectivity index is 2.05. The van der Waals surface area contributed by atoms with Gasteiger partial charge < -0.3 is 10.2 Å². The SMILES string of the molecule is O=C1C[NH+](Cc2ccc(Cl)cc2Cl)CCN1. The van der Waals surface area contributed by atoms with Gasteiger partial charge in [-0.1, -0.05) is 29.3 Å². The minimum absolute atomic E-state index is 0.103. The fraction of sp³-hybridized carbons (Fsp3) is 0.364. The predicted octanol–water partition coefficient (Wildman–Crippen LogP) is 0.508. The minimum Gasteiger partial charge on any atom is -0.346 e. The first-order valence-corrected chi connectivity index (χ1v) is 5.95. The average molecular weight is 260 g/mol. The Morgan fingerprint density at radius 3 is 2.88 bits per heavy atom. The van der Waals surface area contributed by atoms with Crippen molar-refractivity contribution in [3.8, 4) is 0 Å². The van der Waals surface area contributed by atoms with Crippen LogP contribution in [0.25, 0.3) is 0 Å². The molecule has 1 atom stereocenters. The van der Waals surface area contributed by atoms with E-state index in [-0.39, 0.29) is 5.91 Å². The summed E-state index contributed by atoms with van der Waals surface area (Å²) in [5.41, 5.74) is 1.04. The van der Waals surface area contributed by atoms with Crippen molar-refractivity contribution in [3.63, 3.8) is 0 Å². The van der Waals surface area contributed by atoms with Gasteiger partial charge in [-0.2, -0.15) is 0 Å². The molecule has 0 aliphatic carbocycles. The van der Waals surface area contributed by atoms with Gasteiger partial charge >= 0.3 is 0 Å². The lowest BCUT2D eigenvalue weighted by Crippen LogP contribution is -3.14. The van der Waals surface area contributed by atoms with Crippen molar-refractivity contribution in [1.82, 2.24) is 5.32 Å². The van der Waals surface area contributed by atoms with Gasteiger partial charge in [0.15, 0.2) is 6.54 Å². The van der Waals surface area contributed by atoms with Crippen LogP contribution in [0.3, 0.4) is 0 Å². The van der Waals surface area contributed by atoms with E-state index in [1.807, 2.05) is 12.1 Å². The van der Waals surface area contributed by atoms with Crippen LogP contribution in [0.4, 0.5) is 0 Å². The van der Waals surface area contributed by atoms with E-state index in [0.717, 1.165) is 25.2 Å². The fourth-order valence-electron chi connectivity index (χ4n) is 1.84. The average Bonchev–Trinajstić information content (AvgIpc) is 2.22. The van der Waals surface area contributed by atoms with E-state index < -0.39 is 0 Å². The maximum Gasteiger partial charge on any atom is 0.275 e. The van der Waals surface area contributed by atoms with Crippen LogP contribution < -0.4 is 10.2 Å². The Labute approximate surface area is 104 Å². The topological polar surface area (TPSA) is 33.5 Å². The summed E-state index contributed by atoms with van der Waals surface area (Å²) in [4.78, 5) is 12.4. The molecule has 0 bridgehead atoms. The van der Waals surface area contributed by atoms with E-state index in [1.54, 1.807) is 6.07 Å². The van der Waals surface area contributed by atoms with Crippen LogP contribution in [0, 0.1) is 0 Å². The molecule has 1 saturated heterocycles. The number of carbonyl (C=O) groups is 1.